The summed E-state index contributed by atoms with van der Waals surface area (Å²) in [6.07, 6.45) is 5.36. The van der Waals surface area contributed by atoms with Crippen LogP contribution in [0.2, 0.25) is 10.0 Å². The van der Waals surface area contributed by atoms with E-state index in [-0.39, 0.29) is 16.7 Å². The molecule has 9 heteroatoms. The Kier molecular flexibility index (Phi) is 5.63. The molecule has 1 fully saturated rings. The Hall–Kier alpha value is -2.35. The molecular weight excluding hydrogens is 413 g/mol. The van der Waals surface area contributed by atoms with Crippen LogP contribution in [-0.2, 0) is 11.3 Å². The van der Waals surface area contributed by atoms with Gasteiger partial charge in [-0.15, -0.1) is 0 Å². The van der Waals surface area contributed by atoms with Gasteiger partial charge in [0, 0.05) is 24.3 Å². The van der Waals surface area contributed by atoms with E-state index >= 15 is 0 Å². The molecule has 3 aromatic rings. The lowest BCUT2D eigenvalue weighted by Crippen LogP contribution is -2.45. The summed E-state index contributed by atoms with van der Waals surface area (Å²) in [5, 5.41) is 9.34. The summed E-state index contributed by atoms with van der Waals surface area (Å²) in [4.78, 5) is 14.9. The minimum Gasteiger partial charge on any atom is -0.373 e. The van der Waals surface area contributed by atoms with Gasteiger partial charge in [-0.1, -0.05) is 29.3 Å². The number of hydrogen-bond acceptors (Lipinski definition) is 5. The van der Waals surface area contributed by atoms with E-state index in [1.165, 1.54) is 4.68 Å². The number of rotatable bonds is 4. The Labute approximate surface area is 178 Å². The number of benzene rings is 1. The number of ether oxygens (including phenoxy) is 1. The molecule has 0 N–H and O–H groups in total. The van der Waals surface area contributed by atoms with Crippen molar-refractivity contribution in [2.45, 2.75) is 26.5 Å². The van der Waals surface area contributed by atoms with Crippen molar-refractivity contribution in [1.29, 1.82) is 0 Å². The van der Waals surface area contributed by atoms with E-state index < -0.39 is 0 Å². The lowest BCUT2D eigenvalue weighted by Gasteiger charge is -2.34. The molecule has 1 aliphatic heterocycles. The molecule has 1 unspecified atom stereocenters. The van der Waals surface area contributed by atoms with E-state index in [0.29, 0.717) is 42.6 Å². The zero-order chi connectivity index (χ0) is 20.5. The summed E-state index contributed by atoms with van der Waals surface area (Å²) in [6.45, 7) is 6.30. The van der Waals surface area contributed by atoms with Crippen molar-refractivity contribution in [2.75, 3.05) is 24.6 Å². The molecule has 2 aromatic heterocycles. The van der Waals surface area contributed by atoms with Crippen molar-refractivity contribution in [1.82, 2.24) is 19.6 Å². The maximum absolute atomic E-state index is 12.9. The molecule has 0 spiro atoms. The van der Waals surface area contributed by atoms with Crippen LogP contribution in [0.15, 0.2) is 41.6 Å². The van der Waals surface area contributed by atoms with Gasteiger partial charge in [-0.2, -0.15) is 14.9 Å². The fraction of sp³-hybridized carbons (Fsp3) is 0.350. The lowest BCUT2D eigenvalue weighted by molar-refractivity contribution is 0.0274. The second-order valence-electron chi connectivity index (χ2n) is 7.17. The fourth-order valence-electron chi connectivity index (χ4n) is 3.37. The van der Waals surface area contributed by atoms with Gasteiger partial charge < -0.3 is 9.64 Å². The molecule has 4 rings (SSSR count). The van der Waals surface area contributed by atoms with Crippen LogP contribution in [0.3, 0.4) is 0 Å². The van der Waals surface area contributed by atoms with Crippen LogP contribution >= 0.6 is 23.2 Å². The summed E-state index contributed by atoms with van der Waals surface area (Å²) in [6, 6.07) is 5.34. The summed E-state index contributed by atoms with van der Waals surface area (Å²) >= 11 is 12.6. The molecule has 7 nitrogen and oxygen atoms in total. The van der Waals surface area contributed by atoms with Gasteiger partial charge in [0.1, 0.15) is 5.02 Å². The maximum atomic E-state index is 12.9. The van der Waals surface area contributed by atoms with Gasteiger partial charge >= 0.3 is 0 Å². The third-order valence-electron chi connectivity index (χ3n) is 4.93. The van der Waals surface area contributed by atoms with Crippen molar-refractivity contribution in [2.24, 2.45) is 0 Å². The van der Waals surface area contributed by atoms with Crippen molar-refractivity contribution in [3.63, 3.8) is 0 Å². The zero-order valence-corrected chi connectivity index (χ0v) is 17.7. The van der Waals surface area contributed by atoms with Crippen LogP contribution in [0, 0.1) is 13.8 Å². The molecule has 1 saturated heterocycles. The predicted octanol–water partition coefficient (Wildman–Crippen LogP) is 3.26. The Morgan fingerprint density at radius 1 is 1.21 bits per heavy atom. The molecule has 0 radical (unpaired) electrons. The molecular formula is C20H21Cl2N5O2. The number of halogens is 2. The zero-order valence-electron chi connectivity index (χ0n) is 16.2. The minimum atomic E-state index is -0.380. The highest BCUT2D eigenvalue weighted by Gasteiger charge is 2.25. The maximum Gasteiger partial charge on any atom is 0.292 e. The first-order valence-electron chi connectivity index (χ1n) is 9.32. The molecule has 0 bridgehead atoms. The molecule has 1 aromatic carbocycles. The number of nitrogens with zero attached hydrogens (tertiary/aromatic N) is 5. The van der Waals surface area contributed by atoms with Crippen LogP contribution in [0.4, 0.5) is 5.69 Å². The van der Waals surface area contributed by atoms with E-state index in [9.17, 15) is 4.79 Å². The van der Waals surface area contributed by atoms with Crippen molar-refractivity contribution in [3.05, 3.63) is 68.3 Å². The van der Waals surface area contributed by atoms with E-state index in [1.54, 1.807) is 18.3 Å². The molecule has 1 aliphatic rings. The summed E-state index contributed by atoms with van der Waals surface area (Å²) in [5.74, 6) is 0. The first-order chi connectivity index (χ1) is 13.9. The Morgan fingerprint density at radius 2 is 2.03 bits per heavy atom. The monoisotopic (exact) mass is 433 g/mol. The van der Waals surface area contributed by atoms with Gasteiger partial charge in [0.05, 0.1) is 43.0 Å². The number of hydrogen-bond donors (Lipinski definition) is 0. The highest BCUT2D eigenvalue weighted by atomic mass is 35.5. The molecule has 29 heavy (non-hydrogen) atoms. The Balaban J connectivity index is 1.57. The standard InChI is InChI=1S/C20H21Cl2N5O2/c1-13-8-23-26(10-13)12-16-11-25(5-6-29-16)18-9-24-27(20(28)19(18)22)15-4-3-14(2)17(21)7-15/h3-4,7-10,16H,5-6,11-12H2,1-2H3. The SMILES string of the molecule is Cc1cnn(CC2CN(c3cnn(-c4ccc(C)c(Cl)c4)c(=O)c3Cl)CCO2)c1. The van der Waals surface area contributed by atoms with Gasteiger partial charge in [-0.25, -0.2) is 0 Å². The minimum absolute atomic E-state index is 0.0579. The fourth-order valence-corrected chi connectivity index (χ4v) is 3.79. The van der Waals surface area contributed by atoms with Gasteiger partial charge in [-0.3, -0.25) is 9.48 Å². The highest BCUT2D eigenvalue weighted by molar-refractivity contribution is 6.33. The number of aromatic nitrogens is 4. The summed E-state index contributed by atoms with van der Waals surface area (Å²) in [7, 11) is 0. The van der Waals surface area contributed by atoms with Crippen LogP contribution in [0.25, 0.3) is 5.69 Å². The average Bonchev–Trinajstić information content (AvgIpc) is 3.11. The third kappa shape index (κ3) is 4.17. The number of anilines is 1. The first-order valence-corrected chi connectivity index (χ1v) is 10.1. The third-order valence-corrected chi connectivity index (χ3v) is 5.70. The normalized spacial score (nSPS) is 17.0. The quantitative estimate of drug-likeness (QED) is 0.631. The van der Waals surface area contributed by atoms with Gasteiger partial charge in [0.25, 0.3) is 5.56 Å². The molecule has 0 amide bonds. The van der Waals surface area contributed by atoms with Gasteiger partial charge in [-0.05, 0) is 37.1 Å². The molecule has 0 saturated carbocycles. The first kappa shape index (κ1) is 19.9. The van der Waals surface area contributed by atoms with Crippen LogP contribution < -0.4 is 10.5 Å². The second-order valence-corrected chi connectivity index (χ2v) is 7.96. The largest absolute Gasteiger partial charge is 0.373 e. The lowest BCUT2D eigenvalue weighted by atomic mass is 10.2. The van der Waals surface area contributed by atoms with E-state index in [1.807, 2.05) is 41.9 Å². The van der Waals surface area contributed by atoms with Crippen LogP contribution in [-0.4, -0.2) is 45.4 Å². The Morgan fingerprint density at radius 3 is 2.76 bits per heavy atom. The van der Waals surface area contributed by atoms with Crippen LogP contribution in [0.1, 0.15) is 11.1 Å². The smallest absolute Gasteiger partial charge is 0.292 e. The second kappa shape index (κ2) is 8.18. The Bertz CT molecular complexity index is 1090. The van der Waals surface area contributed by atoms with Crippen LogP contribution in [0.5, 0.6) is 0 Å². The summed E-state index contributed by atoms with van der Waals surface area (Å²) in [5.41, 5.74) is 2.83. The van der Waals surface area contributed by atoms with Crippen molar-refractivity contribution in [3.8, 4) is 5.69 Å². The van der Waals surface area contributed by atoms with Gasteiger partial charge in [0.15, 0.2) is 0 Å². The number of morpholine rings is 1. The van der Waals surface area contributed by atoms with Crippen molar-refractivity contribution < 1.29 is 4.74 Å². The van der Waals surface area contributed by atoms with E-state index in [2.05, 4.69) is 10.2 Å². The predicted molar refractivity (Wildman–Crippen MR) is 114 cm³/mol. The van der Waals surface area contributed by atoms with E-state index in [4.69, 9.17) is 27.9 Å². The van der Waals surface area contributed by atoms with E-state index in [0.717, 1.165) is 11.1 Å². The molecule has 0 aliphatic carbocycles. The van der Waals surface area contributed by atoms with Gasteiger partial charge in [0.2, 0.25) is 0 Å². The number of aryl methyl sites for hydroxylation is 2. The average molecular weight is 434 g/mol. The molecule has 1 atom stereocenters. The topological polar surface area (TPSA) is 65.2 Å². The van der Waals surface area contributed by atoms with Crippen molar-refractivity contribution >= 4 is 28.9 Å². The summed E-state index contributed by atoms with van der Waals surface area (Å²) < 4.78 is 9.00. The molecule has 3 heterocycles. The molecule has 152 valence electrons. The highest BCUT2D eigenvalue weighted by Crippen LogP contribution is 2.25.